The predicted octanol–water partition coefficient (Wildman–Crippen LogP) is 1.37. The van der Waals surface area contributed by atoms with E-state index in [1.807, 2.05) is 19.2 Å². The highest BCUT2D eigenvalue weighted by molar-refractivity contribution is 6.01. The Kier molecular flexibility index (Phi) is 6.04. The van der Waals surface area contributed by atoms with Crippen LogP contribution in [0.2, 0.25) is 0 Å². The van der Waals surface area contributed by atoms with Crippen molar-refractivity contribution in [1.82, 2.24) is 34.4 Å². The normalized spacial score (nSPS) is 20.5. The fraction of sp³-hybridized carbons (Fsp3) is 0.440. The van der Waals surface area contributed by atoms with Crippen LogP contribution in [-0.2, 0) is 11.3 Å². The Labute approximate surface area is 208 Å². The van der Waals surface area contributed by atoms with Crippen molar-refractivity contribution < 1.29 is 14.6 Å². The van der Waals surface area contributed by atoms with Crippen molar-refractivity contribution in [3.05, 3.63) is 42.4 Å². The highest BCUT2D eigenvalue weighted by atomic mass is 16.5. The summed E-state index contributed by atoms with van der Waals surface area (Å²) in [5.74, 6) is 0.436. The molecular formula is C25H30N8O3. The van der Waals surface area contributed by atoms with Crippen molar-refractivity contribution in [2.45, 2.75) is 31.5 Å². The lowest BCUT2D eigenvalue weighted by Gasteiger charge is -2.32. The van der Waals surface area contributed by atoms with Crippen LogP contribution < -0.4 is 10.6 Å². The molecule has 188 valence electrons. The van der Waals surface area contributed by atoms with Crippen LogP contribution in [-0.4, -0.2) is 92.1 Å². The van der Waals surface area contributed by atoms with Crippen molar-refractivity contribution in [2.75, 3.05) is 45.2 Å². The maximum absolute atomic E-state index is 13.0. The van der Waals surface area contributed by atoms with E-state index in [-0.39, 0.29) is 11.9 Å². The van der Waals surface area contributed by atoms with Gasteiger partial charge in [-0.05, 0) is 25.0 Å². The molecule has 2 fully saturated rings. The summed E-state index contributed by atoms with van der Waals surface area (Å²) in [5.41, 5.74) is 3.41. The third-order valence-electron chi connectivity index (χ3n) is 7.20. The zero-order valence-electron chi connectivity index (χ0n) is 20.2. The number of aliphatic hydroxyl groups excluding tert-OH is 1. The van der Waals surface area contributed by atoms with Crippen LogP contribution in [0.15, 0.2) is 36.8 Å². The number of ether oxygens (including phenoxy) is 1. The molecule has 1 aliphatic carbocycles. The summed E-state index contributed by atoms with van der Waals surface area (Å²) in [4.78, 5) is 25.0. The molecule has 11 nitrogen and oxygen atoms in total. The fourth-order valence-electron chi connectivity index (χ4n) is 4.91. The Morgan fingerprint density at radius 3 is 2.83 bits per heavy atom. The van der Waals surface area contributed by atoms with Crippen LogP contribution in [0.5, 0.6) is 0 Å². The molecule has 0 spiro atoms. The lowest BCUT2D eigenvalue weighted by molar-refractivity contribution is 0.0365. The number of carbonyl (C=O) groups excluding carboxylic acids is 1. The number of nitrogens with zero attached hydrogens (tertiary/aromatic N) is 6. The van der Waals surface area contributed by atoms with Crippen molar-refractivity contribution in [1.29, 1.82) is 0 Å². The van der Waals surface area contributed by atoms with Gasteiger partial charge in [0.1, 0.15) is 17.0 Å². The Hall–Kier alpha value is -3.54. The first-order chi connectivity index (χ1) is 17.6. The number of aliphatic hydroxyl groups is 1. The molecule has 0 unspecified atom stereocenters. The summed E-state index contributed by atoms with van der Waals surface area (Å²) < 4.78 is 9.28. The van der Waals surface area contributed by atoms with Gasteiger partial charge < -0.3 is 25.0 Å². The number of rotatable bonds is 7. The van der Waals surface area contributed by atoms with Gasteiger partial charge in [-0.2, -0.15) is 9.61 Å². The van der Waals surface area contributed by atoms with Crippen LogP contribution >= 0.6 is 0 Å². The van der Waals surface area contributed by atoms with Crippen LogP contribution in [0.25, 0.3) is 27.9 Å². The largest absolute Gasteiger partial charge is 0.391 e. The van der Waals surface area contributed by atoms with Gasteiger partial charge in [-0.25, -0.2) is 9.97 Å². The van der Waals surface area contributed by atoms with Gasteiger partial charge in [0.25, 0.3) is 5.91 Å². The number of hydrogen-bond acceptors (Lipinski definition) is 8. The zero-order valence-corrected chi connectivity index (χ0v) is 20.2. The Balaban J connectivity index is 1.37. The van der Waals surface area contributed by atoms with E-state index in [0.29, 0.717) is 17.6 Å². The van der Waals surface area contributed by atoms with E-state index in [2.05, 4.69) is 42.4 Å². The second-order valence-electron chi connectivity index (χ2n) is 9.36. The molecule has 5 heterocycles. The smallest absolute Gasteiger partial charge is 0.257 e. The topological polar surface area (TPSA) is 122 Å². The van der Waals surface area contributed by atoms with Crippen LogP contribution in [0.3, 0.4) is 0 Å². The van der Waals surface area contributed by atoms with Crippen molar-refractivity contribution in [2.24, 2.45) is 0 Å². The molecule has 1 aliphatic heterocycles. The molecule has 0 aromatic carbocycles. The molecule has 2 aliphatic rings. The second-order valence-corrected chi connectivity index (χ2v) is 9.36. The summed E-state index contributed by atoms with van der Waals surface area (Å²) >= 11 is 0. The van der Waals surface area contributed by atoms with Gasteiger partial charge >= 0.3 is 0 Å². The van der Waals surface area contributed by atoms with Crippen LogP contribution in [0.4, 0.5) is 5.82 Å². The minimum absolute atomic E-state index is 0.227. The van der Waals surface area contributed by atoms with Gasteiger partial charge in [0.15, 0.2) is 5.65 Å². The molecule has 4 aromatic heterocycles. The van der Waals surface area contributed by atoms with E-state index >= 15 is 0 Å². The predicted molar refractivity (Wildman–Crippen MR) is 135 cm³/mol. The average Bonchev–Trinajstić information content (AvgIpc) is 3.51. The number of pyridine rings is 1. The highest BCUT2D eigenvalue weighted by Gasteiger charge is 2.31. The van der Waals surface area contributed by atoms with Gasteiger partial charge in [-0.15, -0.1) is 0 Å². The number of nitrogens with one attached hydrogen (secondary N) is 2. The number of aromatic nitrogens is 5. The lowest BCUT2D eigenvalue weighted by Crippen LogP contribution is -2.50. The monoisotopic (exact) mass is 490 g/mol. The fourth-order valence-corrected chi connectivity index (χ4v) is 4.91. The van der Waals surface area contributed by atoms with Crippen molar-refractivity contribution in [3.8, 4) is 11.3 Å². The molecule has 0 radical (unpaired) electrons. The first kappa shape index (κ1) is 22.9. The number of carbonyl (C=O) groups is 1. The molecule has 3 N–H and O–H groups in total. The van der Waals surface area contributed by atoms with Gasteiger partial charge in [0.2, 0.25) is 0 Å². The SMILES string of the molecule is CNc1cc(-c2cn(CCN3CCOCC3)c3ncccc23)nc2c(C(=O)N[C@H]3CC[C@@H]3O)cnn12. The minimum atomic E-state index is -0.497. The summed E-state index contributed by atoms with van der Waals surface area (Å²) in [6.07, 6.45) is 6.40. The summed E-state index contributed by atoms with van der Waals surface area (Å²) in [6, 6.07) is 5.69. The van der Waals surface area contributed by atoms with Gasteiger partial charge in [0, 0.05) is 62.6 Å². The Morgan fingerprint density at radius 2 is 2.08 bits per heavy atom. The van der Waals surface area contributed by atoms with Gasteiger partial charge in [-0.3, -0.25) is 9.69 Å². The first-order valence-corrected chi connectivity index (χ1v) is 12.4. The second kappa shape index (κ2) is 9.49. The molecule has 0 bridgehead atoms. The highest BCUT2D eigenvalue weighted by Crippen LogP contribution is 2.31. The van der Waals surface area contributed by atoms with Crippen LogP contribution in [0, 0.1) is 0 Å². The summed E-state index contributed by atoms with van der Waals surface area (Å²) in [5, 5.41) is 21.4. The number of amides is 1. The zero-order chi connectivity index (χ0) is 24.6. The molecule has 1 saturated carbocycles. The average molecular weight is 491 g/mol. The maximum atomic E-state index is 13.0. The number of morpholine rings is 1. The number of anilines is 1. The third-order valence-corrected chi connectivity index (χ3v) is 7.20. The van der Waals surface area contributed by atoms with Crippen molar-refractivity contribution in [3.63, 3.8) is 0 Å². The first-order valence-electron chi connectivity index (χ1n) is 12.4. The van der Waals surface area contributed by atoms with E-state index in [1.54, 1.807) is 10.7 Å². The van der Waals surface area contributed by atoms with Crippen molar-refractivity contribution >= 4 is 28.4 Å². The standard InChI is InChI=1S/C25H30N8O3/c1-26-22-13-20(29-24-17(14-28-33(22)24)25(35)30-19-4-5-21(19)34)18-15-32(23-16(18)3-2-6-27-23)8-7-31-9-11-36-12-10-31/h2-3,6,13-15,19,21,26,34H,4-5,7-12H2,1H3,(H,30,35)/t19-,21-/m0/s1. The number of hydrogen-bond donors (Lipinski definition) is 3. The molecular weight excluding hydrogens is 460 g/mol. The summed E-state index contributed by atoms with van der Waals surface area (Å²) in [6.45, 7) is 5.14. The maximum Gasteiger partial charge on any atom is 0.257 e. The summed E-state index contributed by atoms with van der Waals surface area (Å²) in [7, 11) is 1.82. The lowest BCUT2D eigenvalue weighted by atomic mass is 9.89. The minimum Gasteiger partial charge on any atom is -0.391 e. The number of fused-ring (bicyclic) bond motifs is 2. The molecule has 1 amide bonds. The van der Waals surface area contributed by atoms with E-state index in [9.17, 15) is 9.90 Å². The van der Waals surface area contributed by atoms with Gasteiger partial charge in [0.05, 0.1) is 37.3 Å². The molecule has 36 heavy (non-hydrogen) atoms. The molecule has 6 rings (SSSR count). The van der Waals surface area contributed by atoms with E-state index in [1.165, 1.54) is 6.20 Å². The van der Waals surface area contributed by atoms with E-state index < -0.39 is 6.10 Å². The quantitative estimate of drug-likeness (QED) is 0.355. The molecule has 1 saturated heterocycles. The molecule has 2 atom stereocenters. The van der Waals surface area contributed by atoms with Gasteiger partial charge in [-0.1, -0.05) is 0 Å². The Morgan fingerprint density at radius 1 is 1.22 bits per heavy atom. The van der Waals surface area contributed by atoms with E-state index in [0.717, 1.165) is 73.9 Å². The van der Waals surface area contributed by atoms with E-state index in [4.69, 9.17) is 9.72 Å². The Bertz CT molecular complexity index is 1410. The molecule has 11 heteroatoms. The van der Waals surface area contributed by atoms with Crippen LogP contribution in [0.1, 0.15) is 23.2 Å². The molecule has 4 aromatic rings. The third kappa shape index (κ3) is 4.08.